The Morgan fingerprint density at radius 3 is 2.70 bits per heavy atom. The summed E-state index contributed by atoms with van der Waals surface area (Å²) in [5.41, 5.74) is 2.40. The predicted octanol–water partition coefficient (Wildman–Crippen LogP) is 1.75. The molecule has 1 aromatic rings. The van der Waals surface area contributed by atoms with Gasteiger partial charge in [0, 0.05) is 19.6 Å². The molecule has 0 unspecified atom stereocenters. The molecular formula is C15H22N2O2S. The minimum Gasteiger partial charge on any atom is -0.312 e. The van der Waals surface area contributed by atoms with Gasteiger partial charge in [-0.1, -0.05) is 13.0 Å². The third-order valence-corrected chi connectivity index (χ3v) is 6.34. The highest BCUT2D eigenvalue weighted by molar-refractivity contribution is 7.89. The first-order valence-electron chi connectivity index (χ1n) is 7.40. The molecule has 1 saturated heterocycles. The molecule has 0 amide bonds. The summed E-state index contributed by atoms with van der Waals surface area (Å²) in [6.07, 6.45) is 2.91. The summed E-state index contributed by atoms with van der Waals surface area (Å²) >= 11 is 0. The number of fused-ring (bicyclic) bond motifs is 1. The summed E-state index contributed by atoms with van der Waals surface area (Å²) in [7, 11) is -3.31. The van der Waals surface area contributed by atoms with Gasteiger partial charge in [-0.25, -0.2) is 8.42 Å². The van der Waals surface area contributed by atoms with E-state index in [0.29, 0.717) is 23.9 Å². The Balaban J connectivity index is 1.87. The second kappa shape index (κ2) is 5.47. The number of rotatable bonds is 2. The molecule has 1 fully saturated rings. The Bertz CT molecular complexity index is 590. The van der Waals surface area contributed by atoms with Crippen LogP contribution < -0.4 is 5.32 Å². The lowest BCUT2D eigenvalue weighted by Crippen LogP contribution is -2.38. The maximum Gasteiger partial charge on any atom is 0.243 e. The smallest absolute Gasteiger partial charge is 0.243 e. The summed E-state index contributed by atoms with van der Waals surface area (Å²) in [5, 5.41) is 3.30. The van der Waals surface area contributed by atoms with Crippen LogP contribution in [-0.2, 0) is 23.0 Å². The summed E-state index contributed by atoms with van der Waals surface area (Å²) in [6.45, 7) is 5.24. The number of hydrogen-bond donors (Lipinski definition) is 1. The highest BCUT2D eigenvalue weighted by Crippen LogP contribution is 2.25. The quantitative estimate of drug-likeness (QED) is 0.904. The molecular weight excluding hydrogens is 272 g/mol. The van der Waals surface area contributed by atoms with Gasteiger partial charge in [0.25, 0.3) is 0 Å². The fourth-order valence-electron chi connectivity index (χ4n) is 2.99. The number of sulfonamides is 1. The van der Waals surface area contributed by atoms with Crippen LogP contribution in [-0.4, -0.2) is 32.4 Å². The molecule has 0 radical (unpaired) electrons. The topological polar surface area (TPSA) is 49.4 Å². The lowest BCUT2D eigenvalue weighted by molar-refractivity contribution is 0.288. The van der Waals surface area contributed by atoms with E-state index in [-0.39, 0.29) is 0 Å². The van der Waals surface area contributed by atoms with Gasteiger partial charge in [0.05, 0.1) is 4.90 Å². The maximum absolute atomic E-state index is 12.7. The lowest BCUT2D eigenvalue weighted by Gasteiger charge is -2.29. The van der Waals surface area contributed by atoms with Gasteiger partial charge in [-0.05, 0) is 55.0 Å². The number of piperidine rings is 1. The third kappa shape index (κ3) is 2.62. The molecule has 0 bridgehead atoms. The van der Waals surface area contributed by atoms with Gasteiger partial charge in [0.2, 0.25) is 10.0 Å². The normalized spacial score (nSPS) is 21.6. The van der Waals surface area contributed by atoms with Crippen LogP contribution in [0.3, 0.4) is 0 Å². The Morgan fingerprint density at radius 1 is 1.20 bits per heavy atom. The van der Waals surface area contributed by atoms with E-state index in [4.69, 9.17) is 0 Å². The molecule has 5 heteroatoms. The van der Waals surface area contributed by atoms with Gasteiger partial charge in [-0.15, -0.1) is 0 Å². The van der Waals surface area contributed by atoms with Crippen molar-refractivity contribution in [3.63, 3.8) is 0 Å². The summed E-state index contributed by atoms with van der Waals surface area (Å²) in [6, 6.07) is 5.61. The largest absolute Gasteiger partial charge is 0.312 e. The molecule has 1 aromatic carbocycles. The van der Waals surface area contributed by atoms with E-state index in [2.05, 4.69) is 12.2 Å². The fraction of sp³-hybridized carbons (Fsp3) is 0.600. The molecule has 0 aromatic heterocycles. The van der Waals surface area contributed by atoms with Gasteiger partial charge in [0.15, 0.2) is 0 Å². The van der Waals surface area contributed by atoms with Crippen LogP contribution in [0.5, 0.6) is 0 Å². The van der Waals surface area contributed by atoms with Crippen molar-refractivity contribution < 1.29 is 8.42 Å². The van der Waals surface area contributed by atoms with E-state index in [9.17, 15) is 8.42 Å². The van der Waals surface area contributed by atoms with Crippen molar-refractivity contribution in [2.45, 2.75) is 37.6 Å². The first kappa shape index (κ1) is 14.0. The molecule has 110 valence electrons. The Hall–Kier alpha value is -0.910. The van der Waals surface area contributed by atoms with Crippen LogP contribution in [0.1, 0.15) is 30.9 Å². The van der Waals surface area contributed by atoms with Crippen LogP contribution in [0, 0.1) is 5.92 Å². The average molecular weight is 294 g/mol. The minimum absolute atomic E-state index is 0.453. The van der Waals surface area contributed by atoms with E-state index >= 15 is 0 Å². The van der Waals surface area contributed by atoms with E-state index in [1.807, 2.05) is 12.1 Å². The van der Waals surface area contributed by atoms with Gasteiger partial charge in [-0.2, -0.15) is 4.31 Å². The molecule has 0 aliphatic carbocycles. The number of nitrogens with one attached hydrogen (secondary N) is 1. The van der Waals surface area contributed by atoms with Crippen molar-refractivity contribution in [1.82, 2.24) is 9.62 Å². The first-order valence-corrected chi connectivity index (χ1v) is 8.84. The SMILES string of the molecule is CC1CCN(S(=O)(=O)c2ccc3c(c2)CNCC3)CC1. The molecule has 0 saturated carbocycles. The van der Waals surface area contributed by atoms with Crippen molar-refractivity contribution in [2.75, 3.05) is 19.6 Å². The van der Waals surface area contributed by atoms with E-state index in [1.165, 1.54) is 5.56 Å². The Labute approximate surface area is 121 Å². The van der Waals surface area contributed by atoms with Crippen molar-refractivity contribution >= 4 is 10.0 Å². The second-order valence-electron chi connectivity index (χ2n) is 5.94. The van der Waals surface area contributed by atoms with Crippen LogP contribution in [0.15, 0.2) is 23.1 Å². The van der Waals surface area contributed by atoms with Crippen LogP contribution in [0.25, 0.3) is 0 Å². The van der Waals surface area contributed by atoms with Crippen molar-refractivity contribution in [3.8, 4) is 0 Å². The molecule has 2 aliphatic rings. The third-order valence-electron chi connectivity index (χ3n) is 4.44. The van der Waals surface area contributed by atoms with Crippen LogP contribution in [0.2, 0.25) is 0 Å². The number of nitrogens with zero attached hydrogens (tertiary/aromatic N) is 1. The zero-order valence-corrected chi connectivity index (χ0v) is 12.7. The lowest BCUT2D eigenvalue weighted by atomic mass is 10.0. The van der Waals surface area contributed by atoms with Crippen LogP contribution in [0.4, 0.5) is 0 Å². The minimum atomic E-state index is -3.31. The molecule has 0 spiro atoms. The molecule has 3 rings (SSSR count). The molecule has 4 nitrogen and oxygen atoms in total. The van der Waals surface area contributed by atoms with Crippen molar-refractivity contribution in [1.29, 1.82) is 0 Å². The zero-order valence-electron chi connectivity index (χ0n) is 11.9. The Kier molecular flexibility index (Phi) is 3.84. The molecule has 2 heterocycles. The van der Waals surface area contributed by atoms with Crippen LogP contribution >= 0.6 is 0 Å². The molecule has 0 atom stereocenters. The molecule has 20 heavy (non-hydrogen) atoms. The maximum atomic E-state index is 12.7. The first-order chi connectivity index (χ1) is 9.57. The average Bonchev–Trinajstić information content (AvgIpc) is 2.47. The standard InChI is InChI=1S/C15H22N2O2S/c1-12-5-8-17(9-6-12)20(18,19)15-3-2-13-4-7-16-11-14(13)10-15/h2-3,10,12,16H,4-9,11H2,1H3. The van der Waals surface area contributed by atoms with Gasteiger partial charge in [-0.3, -0.25) is 0 Å². The van der Waals surface area contributed by atoms with E-state index in [0.717, 1.165) is 37.9 Å². The summed E-state index contributed by atoms with van der Waals surface area (Å²) in [5.74, 6) is 0.634. The molecule has 1 N–H and O–H groups in total. The summed E-state index contributed by atoms with van der Waals surface area (Å²) < 4.78 is 27.0. The predicted molar refractivity (Wildman–Crippen MR) is 79.0 cm³/mol. The molecule has 2 aliphatic heterocycles. The summed E-state index contributed by atoms with van der Waals surface area (Å²) in [4.78, 5) is 0.453. The van der Waals surface area contributed by atoms with Gasteiger partial charge in [0.1, 0.15) is 0 Å². The van der Waals surface area contributed by atoms with E-state index < -0.39 is 10.0 Å². The highest BCUT2D eigenvalue weighted by Gasteiger charge is 2.28. The Morgan fingerprint density at radius 2 is 1.95 bits per heavy atom. The van der Waals surface area contributed by atoms with Gasteiger partial charge >= 0.3 is 0 Å². The van der Waals surface area contributed by atoms with Crippen molar-refractivity contribution in [3.05, 3.63) is 29.3 Å². The monoisotopic (exact) mass is 294 g/mol. The van der Waals surface area contributed by atoms with E-state index in [1.54, 1.807) is 10.4 Å². The second-order valence-corrected chi connectivity index (χ2v) is 7.88. The van der Waals surface area contributed by atoms with Crippen molar-refractivity contribution in [2.24, 2.45) is 5.92 Å². The number of benzene rings is 1. The zero-order chi connectivity index (χ0) is 14.2. The van der Waals surface area contributed by atoms with Gasteiger partial charge < -0.3 is 5.32 Å². The fourth-order valence-corrected chi connectivity index (χ4v) is 4.51. The number of hydrogen-bond acceptors (Lipinski definition) is 3. The highest BCUT2D eigenvalue weighted by atomic mass is 32.2.